The van der Waals surface area contributed by atoms with Gasteiger partial charge in [0.1, 0.15) is 0 Å². The molecular weight excluding hydrogens is 154 g/mol. The minimum Gasteiger partial charge on any atom is -0.305 e. The van der Waals surface area contributed by atoms with Gasteiger partial charge in [-0.1, -0.05) is 30.3 Å². The first-order valence-corrected chi connectivity index (χ1v) is 3.68. The van der Waals surface area contributed by atoms with Crippen molar-refractivity contribution in [2.75, 3.05) is 13.7 Å². The Morgan fingerprint density at radius 1 is 1.42 bits per heavy atom. The van der Waals surface area contributed by atoms with E-state index in [2.05, 4.69) is 10.3 Å². The Bertz CT molecular complexity index is 246. The molecule has 3 nitrogen and oxygen atoms in total. The molecule has 0 atom stereocenters. The van der Waals surface area contributed by atoms with Crippen molar-refractivity contribution in [3.63, 3.8) is 0 Å². The molecule has 0 bridgehead atoms. The third-order valence-electron chi connectivity index (χ3n) is 1.47. The third-order valence-corrected chi connectivity index (χ3v) is 1.47. The average Bonchev–Trinajstić information content (AvgIpc) is 2.15. The Morgan fingerprint density at radius 2 is 2.08 bits per heavy atom. The summed E-state index contributed by atoms with van der Waals surface area (Å²) >= 11 is 0. The molecule has 0 aromatic heterocycles. The maximum absolute atomic E-state index is 11.3. The van der Waals surface area contributed by atoms with Gasteiger partial charge in [-0.05, 0) is 0 Å². The molecule has 0 saturated carbocycles. The molecule has 64 valence electrons. The van der Waals surface area contributed by atoms with E-state index in [9.17, 15) is 4.79 Å². The number of rotatable bonds is 4. The number of hydrogen-bond donors (Lipinski definition) is 1. The van der Waals surface area contributed by atoms with Gasteiger partial charge in [-0.3, -0.25) is 4.79 Å². The quantitative estimate of drug-likeness (QED) is 0.534. The van der Waals surface area contributed by atoms with Crippen LogP contribution in [0.25, 0.3) is 0 Å². The second-order valence-electron chi connectivity index (χ2n) is 2.31. The number of Topliss-reactive ketones (excluding diaryl/α,β-unsaturated/α-hetero) is 1. The van der Waals surface area contributed by atoms with Crippen molar-refractivity contribution in [3.8, 4) is 0 Å². The molecule has 1 aromatic carbocycles. The highest BCUT2D eigenvalue weighted by Crippen LogP contribution is 1.98. The van der Waals surface area contributed by atoms with Crippen molar-refractivity contribution < 1.29 is 9.63 Å². The SMILES string of the molecule is CONCC(=O)c1ccccc1. The number of benzene rings is 1. The van der Waals surface area contributed by atoms with E-state index in [1.54, 1.807) is 12.1 Å². The summed E-state index contributed by atoms with van der Waals surface area (Å²) in [6, 6.07) is 9.10. The Balaban J connectivity index is 2.54. The van der Waals surface area contributed by atoms with Crippen LogP contribution in [0.2, 0.25) is 0 Å². The fraction of sp³-hybridized carbons (Fsp3) is 0.222. The average molecular weight is 165 g/mol. The predicted molar refractivity (Wildman–Crippen MR) is 45.8 cm³/mol. The molecule has 0 aliphatic carbocycles. The standard InChI is InChI=1S/C9H11NO2/c1-12-10-7-9(11)8-5-3-2-4-6-8/h2-6,10H,7H2,1H3. The molecule has 12 heavy (non-hydrogen) atoms. The largest absolute Gasteiger partial charge is 0.305 e. The Morgan fingerprint density at radius 3 is 2.67 bits per heavy atom. The van der Waals surface area contributed by atoms with E-state index in [1.165, 1.54) is 7.11 Å². The van der Waals surface area contributed by atoms with E-state index in [0.717, 1.165) is 0 Å². The maximum atomic E-state index is 11.3. The van der Waals surface area contributed by atoms with Crippen molar-refractivity contribution in [2.24, 2.45) is 0 Å². The number of nitrogens with one attached hydrogen (secondary N) is 1. The van der Waals surface area contributed by atoms with Crippen LogP contribution in [0.1, 0.15) is 10.4 Å². The van der Waals surface area contributed by atoms with E-state index >= 15 is 0 Å². The van der Waals surface area contributed by atoms with Gasteiger partial charge in [-0.15, -0.1) is 0 Å². The lowest BCUT2D eigenvalue weighted by atomic mass is 10.1. The molecule has 1 N–H and O–H groups in total. The molecule has 0 spiro atoms. The summed E-state index contributed by atoms with van der Waals surface area (Å²) in [5.74, 6) is 0.0254. The summed E-state index contributed by atoms with van der Waals surface area (Å²) in [4.78, 5) is 15.8. The maximum Gasteiger partial charge on any atom is 0.178 e. The summed E-state index contributed by atoms with van der Waals surface area (Å²) < 4.78 is 0. The van der Waals surface area contributed by atoms with Gasteiger partial charge < -0.3 is 4.84 Å². The number of hydrogen-bond acceptors (Lipinski definition) is 3. The number of ketones is 1. The molecule has 0 radical (unpaired) electrons. The van der Waals surface area contributed by atoms with Crippen molar-refractivity contribution >= 4 is 5.78 Å². The van der Waals surface area contributed by atoms with Gasteiger partial charge >= 0.3 is 0 Å². The van der Waals surface area contributed by atoms with Crippen LogP contribution in [0.4, 0.5) is 0 Å². The molecular formula is C9H11NO2. The lowest BCUT2D eigenvalue weighted by Gasteiger charge is -2.00. The monoisotopic (exact) mass is 165 g/mol. The zero-order valence-corrected chi connectivity index (χ0v) is 6.91. The molecule has 0 aliphatic rings. The van der Waals surface area contributed by atoms with Gasteiger partial charge in [-0.25, -0.2) is 0 Å². The number of carbonyl (C=O) groups excluding carboxylic acids is 1. The van der Waals surface area contributed by atoms with Crippen molar-refractivity contribution in [2.45, 2.75) is 0 Å². The van der Waals surface area contributed by atoms with Crippen LogP contribution in [-0.4, -0.2) is 19.4 Å². The molecule has 1 aromatic rings. The van der Waals surface area contributed by atoms with Gasteiger partial charge in [0.2, 0.25) is 0 Å². The zero-order valence-electron chi connectivity index (χ0n) is 6.91. The summed E-state index contributed by atoms with van der Waals surface area (Å²) in [7, 11) is 1.48. The molecule has 0 unspecified atom stereocenters. The number of carbonyl (C=O) groups is 1. The van der Waals surface area contributed by atoms with E-state index in [4.69, 9.17) is 0 Å². The summed E-state index contributed by atoms with van der Waals surface area (Å²) in [5, 5.41) is 0. The number of hydroxylamine groups is 1. The minimum absolute atomic E-state index is 0.0254. The van der Waals surface area contributed by atoms with Gasteiger partial charge in [0.15, 0.2) is 5.78 Å². The molecule has 0 amide bonds. The highest BCUT2D eigenvalue weighted by Gasteiger charge is 2.02. The summed E-state index contributed by atoms with van der Waals surface area (Å²) in [6.45, 7) is 0.209. The van der Waals surface area contributed by atoms with Gasteiger partial charge in [-0.2, -0.15) is 5.48 Å². The molecule has 0 saturated heterocycles. The predicted octanol–water partition coefficient (Wildman–Crippen LogP) is 1.02. The van der Waals surface area contributed by atoms with Gasteiger partial charge in [0, 0.05) is 5.56 Å². The lowest BCUT2D eigenvalue weighted by Crippen LogP contribution is -2.21. The molecule has 0 aliphatic heterocycles. The highest BCUT2D eigenvalue weighted by atomic mass is 16.6. The highest BCUT2D eigenvalue weighted by molar-refractivity contribution is 5.97. The second-order valence-corrected chi connectivity index (χ2v) is 2.31. The zero-order chi connectivity index (χ0) is 8.81. The first kappa shape index (κ1) is 8.90. The minimum atomic E-state index is 0.0254. The lowest BCUT2D eigenvalue weighted by molar-refractivity contribution is 0.0735. The first-order chi connectivity index (χ1) is 5.84. The van der Waals surface area contributed by atoms with E-state index < -0.39 is 0 Å². The van der Waals surface area contributed by atoms with Crippen molar-refractivity contribution in [1.82, 2.24) is 5.48 Å². The van der Waals surface area contributed by atoms with E-state index in [-0.39, 0.29) is 12.3 Å². The van der Waals surface area contributed by atoms with Crippen LogP contribution in [0.15, 0.2) is 30.3 Å². The van der Waals surface area contributed by atoms with E-state index in [0.29, 0.717) is 5.56 Å². The smallest absolute Gasteiger partial charge is 0.178 e. The fourth-order valence-electron chi connectivity index (χ4n) is 0.864. The Kier molecular flexibility index (Phi) is 3.44. The van der Waals surface area contributed by atoms with E-state index in [1.807, 2.05) is 18.2 Å². The van der Waals surface area contributed by atoms with Crippen molar-refractivity contribution in [3.05, 3.63) is 35.9 Å². The summed E-state index contributed by atoms with van der Waals surface area (Å²) in [5.41, 5.74) is 3.19. The van der Waals surface area contributed by atoms with Crippen LogP contribution in [-0.2, 0) is 4.84 Å². The molecule has 3 heteroatoms. The Hall–Kier alpha value is -1.19. The van der Waals surface area contributed by atoms with Gasteiger partial charge in [0.25, 0.3) is 0 Å². The normalized spacial score (nSPS) is 9.75. The van der Waals surface area contributed by atoms with Crippen LogP contribution in [0.5, 0.6) is 0 Å². The third kappa shape index (κ3) is 2.45. The molecule has 1 rings (SSSR count). The van der Waals surface area contributed by atoms with Crippen LogP contribution in [0, 0.1) is 0 Å². The molecule has 0 heterocycles. The van der Waals surface area contributed by atoms with Crippen LogP contribution in [0.3, 0.4) is 0 Å². The topological polar surface area (TPSA) is 38.3 Å². The van der Waals surface area contributed by atoms with Crippen LogP contribution < -0.4 is 5.48 Å². The fourth-order valence-corrected chi connectivity index (χ4v) is 0.864. The first-order valence-electron chi connectivity index (χ1n) is 3.68. The van der Waals surface area contributed by atoms with Crippen molar-refractivity contribution in [1.29, 1.82) is 0 Å². The van der Waals surface area contributed by atoms with Gasteiger partial charge in [0.05, 0.1) is 13.7 Å². The Labute approximate surface area is 71.3 Å². The second kappa shape index (κ2) is 4.64. The summed E-state index contributed by atoms with van der Waals surface area (Å²) in [6.07, 6.45) is 0. The molecule has 0 fully saturated rings. The van der Waals surface area contributed by atoms with Crippen LogP contribution >= 0.6 is 0 Å².